The largest absolute Gasteiger partial charge is 0.495 e. The van der Waals surface area contributed by atoms with E-state index in [1.54, 1.807) is 7.11 Å². The van der Waals surface area contributed by atoms with Crippen LogP contribution in [0.4, 0.5) is 11.4 Å². The van der Waals surface area contributed by atoms with Crippen molar-refractivity contribution >= 4 is 17.3 Å². The van der Waals surface area contributed by atoms with E-state index in [1.807, 2.05) is 18.2 Å². The highest BCUT2D eigenvalue weighted by molar-refractivity contribution is 5.89. The summed E-state index contributed by atoms with van der Waals surface area (Å²) < 4.78 is 11.2. The number of benzene rings is 1. The Labute approximate surface area is 126 Å². The van der Waals surface area contributed by atoms with Crippen LogP contribution in [-0.2, 0) is 9.53 Å². The maximum Gasteiger partial charge on any atom is 0.221 e. The third-order valence-electron chi connectivity index (χ3n) is 3.58. The van der Waals surface area contributed by atoms with Crippen LogP contribution in [0.5, 0.6) is 5.75 Å². The van der Waals surface area contributed by atoms with Crippen LogP contribution in [0.25, 0.3) is 0 Å². The number of hydrogen-bond acceptors (Lipinski definition) is 4. The van der Waals surface area contributed by atoms with Crippen molar-refractivity contribution in [3.05, 3.63) is 18.2 Å². The normalized spacial score (nSPS) is 25.2. The number of nitrogens with one attached hydrogen (secondary N) is 2. The van der Waals surface area contributed by atoms with Crippen LogP contribution in [0, 0.1) is 0 Å². The van der Waals surface area contributed by atoms with Gasteiger partial charge in [-0.05, 0) is 44.9 Å². The maximum atomic E-state index is 11.2. The fourth-order valence-electron chi connectivity index (χ4n) is 2.84. The van der Waals surface area contributed by atoms with E-state index >= 15 is 0 Å². The summed E-state index contributed by atoms with van der Waals surface area (Å²) in [5, 5.41) is 6.31. The third kappa shape index (κ3) is 4.36. The molecule has 2 rings (SSSR count). The molecule has 0 spiro atoms. The quantitative estimate of drug-likeness (QED) is 0.895. The monoisotopic (exact) mass is 292 g/mol. The van der Waals surface area contributed by atoms with Crippen molar-refractivity contribution in [1.82, 2.24) is 0 Å². The topological polar surface area (TPSA) is 59.6 Å². The van der Waals surface area contributed by atoms with Crippen molar-refractivity contribution in [3.63, 3.8) is 0 Å². The molecule has 2 atom stereocenters. The van der Waals surface area contributed by atoms with Crippen molar-refractivity contribution in [3.8, 4) is 5.75 Å². The second-order valence-corrected chi connectivity index (χ2v) is 5.67. The summed E-state index contributed by atoms with van der Waals surface area (Å²) in [7, 11) is 1.65. The second-order valence-electron chi connectivity index (χ2n) is 5.67. The number of hydrogen-bond donors (Lipinski definition) is 2. The molecular formula is C16H24N2O3. The Morgan fingerprint density at radius 2 is 1.95 bits per heavy atom. The van der Waals surface area contributed by atoms with Crippen molar-refractivity contribution < 1.29 is 14.3 Å². The molecule has 1 amide bonds. The van der Waals surface area contributed by atoms with E-state index in [0.29, 0.717) is 6.04 Å². The first-order chi connectivity index (χ1) is 9.97. The SMILES string of the molecule is COc1ccc(NC(C)=O)cc1NC1CC(C)OC(C)C1. The lowest BCUT2D eigenvalue weighted by Gasteiger charge is -2.33. The van der Waals surface area contributed by atoms with Crippen molar-refractivity contribution in [1.29, 1.82) is 0 Å². The van der Waals surface area contributed by atoms with Gasteiger partial charge in [0.1, 0.15) is 5.75 Å². The van der Waals surface area contributed by atoms with Gasteiger partial charge in [-0.15, -0.1) is 0 Å². The van der Waals surface area contributed by atoms with Crippen LogP contribution in [0.1, 0.15) is 33.6 Å². The molecule has 1 heterocycles. The van der Waals surface area contributed by atoms with E-state index in [-0.39, 0.29) is 18.1 Å². The van der Waals surface area contributed by atoms with Gasteiger partial charge >= 0.3 is 0 Å². The molecule has 5 heteroatoms. The highest BCUT2D eigenvalue weighted by atomic mass is 16.5. The van der Waals surface area contributed by atoms with Gasteiger partial charge in [0, 0.05) is 18.7 Å². The smallest absolute Gasteiger partial charge is 0.221 e. The molecule has 0 saturated carbocycles. The standard InChI is InChI=1S/C16H24N2O3/c1-10-7-14(8-11(2)21-10)18-15-9-13(17-12(3)19)5-6-16(15)20-4/h5-6,9-11,14,18H,7-8H2,1-4H3,(H,17,19). The molecule has 1 aromatic carbocycles. The maximum absolute atomic E-state index is 11.2. The molecule has 1 saturated heterocycles. The number of methoxy groups -OCH3 is 1. The Morgan fingerprint density at radius 3 is 2.52 bits per heavy atom. The number of carbonyl (C=O) groups is 1. The van der Waals surface area contributed by atoms with E-state index in [9.17, 15) is 4.79 Å². The van der Waals surface area contributed by atoms with Crippen LogP contribution < -0.4 is 15.4 Å². The van der Waals surface area contributed by atoms with E-state index in [4.69, 9.17) is 9.47 Å². The molecule has 0 bridgehead atoms. The molecule has 5 nitrogen and oxygen atoms in total. The summed E-state index contributed by atoms with van der Waals surface area (Å²) in [6.45, 7) is 5.68. The Balaban J connectivity index is 2.14. The highest BCUT2D eigenvalue weighted by Gasteiger charge is 2.25. The molecule has 0 aliphatic carbocycles. The van der Waals surface area contributed by atoms with Gasteiger partial charge in [-0.1, -0.05) is 0 Å². The van der Waals surface area contributed by atoms with Gasteiger partial charge in [0.2, 0.25) is 5.91 Å². The van der Waals surface area contributed by atoms with E-state index < -0.39 is 0 Å². The average Bonchev–Trinajstić information content (AvgIpc) is 2.37. The molecule has 116 valence electrons. The molecule has 0 radical (unpaired) electrons. The zero-order valence-electron chi connectivity index (χ0n) is 13.1. The minimum Gasteiger partial charge on any atom is -0.495 e. The van der Waals surface area contributed by atoms with E-state index in [0.717, 1.165) is 30.0 Å². The Morgan fingerprint density at radius 1 is 1.29 bits per heavy atom. The number of anilines is 2. The van der Waals surface area contributed by atoms with Gasteiger partial charge in [0.25, 0.3) is 0 Å². The van der Waals surface area contributed by atoms with Crippen molar-refractivity contribution in [2.24, 2.45) is 0 Å². The number of amides is 1. The lowest BCUT2D eigenvalue weighted by Crippen LogP contribution is -2.37. The Hall–Kier alpha value is -1.75. The molecule has 21 heavy (non-hydrogen) atoms. The van der Waals surface area contributed by atoms with Gasteiger partial charge in [-0.25, -0.2) is 0 Å². The molecule has 1 aliphatic rings. The van der Waals surface area contributed by atoms with Crippen LogP contribution in [-0.4, -0.2) is 31.3 Å². The molecule has 0 aromatic heterocycles. The van der Waals surface area contributed by atoms with Crippen LogP contribution >= 0.6 is 0 Å². The van der Waals surface area contributed by atoms with Gasteiger partial charge in [0.05, 0.1) is 25.0 Å². The summed E-state index contributed by atoms with van der Waals surface area (Å²) in [6.07, 6.45) is 2.40. The third-order valence-corrected chi connectivity index (χ3v) is 3.58. The number of rotatable bonds is 4. The van der Waals surface area contributed by atoms with E-state index in [1.165, 1.54) is 6.92 Å². The first-order valence-corrected chi connectivity index (χ1v) is 7.35. The molecule has 1 aromatic rings. The number of ether oxygens (including phenoxy) is 2. The van der Waals surface area contributed by atoms with Gasteiger partial charge in [0.15, 0.2) is 0 Å². The lowest BCUT2D eigenvalue weighted by molar-refractivity contribution is -0.114. The minimum absolute atomic E-state index is 0.0839. The minimum atomic E-state index is -0.0839. The highest BCUT2D eigenvalue weighted by Crippen LogP contribution is 2.31. The van der Waals surface area contributed by atoms with Crippen LogP contribution in [0.15, 0.2) is 18.2 Å². The van der Waals surface area contributed by atoms with Gasteiger partial charge < -0.3 is 20.1 Å². The molecule has 1 fully saturated rings. The predicted molar refractivity (Wildman–Crippen MR) is 84.0 cm³/mol. The molecule has 2 N–H and O–H groups in total. The summed E-state index contributed by atoms with van der Waals surface area (Å²) in [5.41, 5.74) is 1.66. The van der Waals surface area contributed by atoms with Gasteiger partial charge in [-0.3, -0.25) is 4.79 Å². The second kappa shape index (κ2) is 6.80. The van der Waals surface area contributed by atoms with Crippen molar-refractivity contribution in [2.75, 3.05) is 17.7 Å². The lowest BCUT2D eigenvalue weighted by atomic mass is 9.99. The fourth-order valence-corrected chi connectivity index (χ4v) is 2.84. The summed E-state index contributed by atoms with van der Waals surface area (Å²) in [5.74, 6) is 0.690. The molecular weight excluding hydrogens is 268 g/mol. The van der Waals surface area contributed by atoms with Crippen molar-refractivity contribution in [2.45, 2.75) is 51.9 Å². The zero-order chi connectivity index (χ0) is 15.4. The summed E-state index contributed by atoms with van der Waals surface area (Å²) in [6, 6.07) is 5.94. The average molecular weight is 292 g/mol. The number of carbonyl (C=O) groups excluding carboxylic acids is 1. The summed E-state index contributed by atoms with van der Waals surface area (Å²) in [4.78, 5) is 11.2. The van der Waals surface area contributed by atoms with Crippen LogP contribution in [0.2, 0.25) is 0 Å². The fraction of sp³-hybridized carbons (Fsp3) is 0.562. The molecule has 1 aliphatic heterocycles. The zero-order valence-corrected chi connectivity index (χ0v) is 13.1. The first-order valence-electron chi connectivity index (χ1n) is 7.35. The summed E-state index contributed by atoms with van der Waals surface area (Å²) >= 11 is 0. The Kier molecular flexibility index (Phi) is 5.07. The molecule has 2 unspecified atom stereocenters. The van der Waals surface area contributed by atoms with Gasteiger partial charge in [-0.2, -0.15) is 0 Å². The predicted octanol–water partition coefficient (Wildman–Crippen LogP) is 3.02. The first kappa shape index (κ1) is 15.6. The Bertz CT molecular complexity index is 494. The van der Waals surface area contributed by atoms with E-state index in [2.05, 4.69) is 24.5 Å². The van der Waals surface area contributed by atoms with Crippen LogP contribution in [0.3, 0.4) is 0 Å².